The number of carboxylic acids is 1. The summed E-state index contributed by atoms with van der Waals surface area (Å²) < 4.78 is 5.59. The van der Waals surface area contributed by atoms with Crippen LogP contribution in [0.4, 0.5) is 4.79 Å². The number of carbonyl (C=O) groups is 3. The number of thiazole rings is 1. The fourth-order valence-corrected chi connectivity index (χ4v) is 5.37. The van der Waals surface area contributed by atoms with Crippen LogP contribution in [0.25, 0.3) is 11.1 Å². The van der Waals surface area contributed by atoms with E-state index in [0.717, 1.165) is 11.1 Å². The van der Waals surface area contributed by atoms with Crippen molar-refractivity contribution in [2.45, 2.75) is 25.3 Å². The van der Waals surface area contributed by atoms with Gasteiger partial charge in [-0.15, -0.1) is 11.3 Å². The van der Waals surface area contributed by atoms with Gasteiger partial charge in [0.05, 0.1) is 12.0 Å². The molecule has 3 atom stereocenters. The Balaban J connectivity index is 1.14. The first-order chi connectivity index (χ1) is 16.9. The highest BCUT2D eigenvalue weighted by Crippen LogP contribution is 2.44. The van der Waals surface area contributed by atoms with Crippen LogP contribution < -0.4 is 10.6 Å². The van der Waals surface area contributed by atoms with Crippen molar-refractivity contribution in [3.8, 4) is 11.1 Å². The molecule has 5 rings (SSSR count). The number of carbonyl (C=O) groups excluding carboxylic acids is 2. The van der Waals surface area contributed by atoms with Crippen molar-refractivity contribution in [3.63, 3.8) is 0 Å². The number of hydrogen-bond donors (Lipinski definition) is 3. The second-order valence-corrected chi connectivity index (χ2v) is 9.80. The van der Waals surface area contributed by atoms with E-state index in [2.05, 4.69) is 39.9 Å². The molecule has 180 valence electrons. The number of nitrogens with zero attached hydrogens (tertiary/aromatic N) is 1. The Hall–Kier alpha value is -3.72. The first-order valence-electron chi connectivity index (χ1n) is 11.5. The highest BCUT2D eigenvalue weighted by atomic mass is 32.1. The Morgan fingerprint density at radius 3 is 2.40 bits per heavy atom. The van der Waals surface area contributed by atoms with E-state index >= 15 is 0 Å². The number of nitrogens with one attached hydrogen (secondary N) is 2. The number of hydrogen-bond acceptors (Lipinski definition) is 6. The first-order valence-corrected chi connectivity index (χ1v) is 12.4. The Morgan fingerprint density at radius 1 is 1.11 bits per heavy atom. The Kier molecular flexibility index (Phi) is 6.25. The van der Waals surface area contributed by atoms with Crippen LogP contribution in [0.1, 0.15) is 51.9 Å². The minimum Gasteiger partial charge on any atom is -0.481 e. The van der Waals surface area contributed by atoms with E-state index in [9.17, 15) is 14.4 Å². The summed E-state index contributed by atoms with van der Waals surface area (Å²) in [6, 6.07) is 15.9. The topological polar surface area (TPSA) is 118 Å². The molecule has 9 heteroatoms. The van der Waals surface area contributed by atoms with Crippen LogP contribution in [0, 0.1) is 11.8 Å². The molecule has 1 heterocycles. The molecule has 35 heavy (non-hydrogen) atoms. The van der Waals surface area contributed by atoms with Crippen molar-refractivity contribution in [2.24, 2.45) is 11.8 Å². The lowest BCUT2D eigenvalue weighted by molar-refractivity contribution is -0.138. The zero-order chi connectivity index (χ0) is 24.5. The summed E-state index contributed by atoms with van der Waals surface area (Å²) in [5.74, 6) is -1.59. The lowest BCUT2D eigenvalue weighted by Crippen LogP contribution is -2.29. The smallest absolute Gasteiger partial charge is 0.407 e. The standard InChI is InChI=1S/C26H25N3O5S/c1-14(24-29-22(13-35-24)23(30)27-11-15-10-20(15)25(31)32)28-26(33)34-12-21-18-8-4-2-6-16(18)17-7-3-5-9-19(17)21/h2-9,13-15,20-21H,10-12H2,1H3,(H,27,30)(H,28,33)(H,31,32)/t14?,15-,20-/m1/s1. The fraction of sp³-hybridized carbons (Fsp3) is 0.308. The number of aromatic nitrogens is 1. The third-order valence-corrected chi connectivity index (χ3v) is 7.60. The van der Waals surface area contributed by atoms with Crippen molar-refractivity contribution in [2.75, 3.05) is 13.2 Å². The summed E-state index contributed by atoms with van der Waals surface area (Å²) in [6.45, 7) is 2.32. The Bertz CT molecular complexity index is 1240. The van der Waals surface area contributed by atoms with Crippen molar-refractivity contribution in [3.05, 3.63) is 75.7 Å². The van der Waals surface area contributed by atoms with Gasteiger partial charge in [0.2, 0.25) is 0 Å². The Labute approximate surface area is 206 Å². The molecule has 1 aromatic heterocycles. The van der Waals surface area contributed by atoms with Gasteiger partial charge in [-0.05, 0) is 41.5 Å². The van der Waals surface area contributed by atoms with E-state index in [4.69, 9.17) is 9.84 Å². The largest absolute Gasteiger partial charge is 0.481 e. The predicted octanol–water partition coefficient (Wildman–Crippen LogP) is 4.19. The molecule has 0 saturated heterocycles. The molecule has 2 aliphatic carbocycles. The zero-order valence-electron chi connectivity index (χ0n) is 19.1. The second-order valence-electron chi connectivity index (χ2n) is 8.91. The van der Waals surface area contributed by atoms with Crippen molar-refractivity contribution < 1.29 is 24.2 Å². The van der Waals surface area contributed by atoms with Gasteiger partial charge in [-0.3, -0.25) is 9.59 Å². The molecular weight excluding hydrogens is 466 g/mol. The molecule has 8 nitrogen and oxygen atoms in total. The maximum atomic E-state index is 12.5. The molecule has 0 aliphatic heterocycles. The van der Waals surface area contributed by atoms with Crippen LogP contribution in [-0.2, 0) is 9.53 Å². The summed E-state index contributed by atoms with van der Waals surface area (Å²) in [5.41, 5.74) is 4.87. The van der Waals surface area contributed by atoms with Crippen molar-refractivity contribution in [1.82, 2.24) is 15.6 Å². The quantitative estimate of drug-likeness (QED) is 0.435. The molecule has 3 N–H and O–H groups in total. The van der Waals surface area contributed by atoms with E-state index in [1.807, 2.05) is 24.3 Å². The first kappa shape index (κ1) is 23.0. The lowest BCUT2D eigenvalue weighted by Gasteiger charge is -2.16. The molecule has 1 saturated carbocycles. The van der Waals surface area contributed by atoms with Crippen LogP contribution >= 0.6 is 11.3 Å². The van der Waals surface area contributed by atoms with Gasteiger partial charge in [0, 0.05) is 17.8 Å². The molecule has 3 aromatic rings. The number of ether oxygens (including phenoxy) is 1. The summed E-state index contributed by atoms with van der Waals surface area (Å²) in [4.78, 5) is 40.1. The van der Waals surface area contributed by atoms with E-state index in [-0.39, 0.29) is 36.0 Å². The molecular formula is C26H25N3O5S. The van der Waals surface area contributed by atoms with Gasteiger partial charge < -0.3 is 20.5 Å². The molecule has 2 aliphatic rings. The average molecular weight is 492 g/mol. The number of carboxylic acid groups (broad SMARTS) is 1. The molecule has 1 unspecified atom stereocenters. The average Bonchev–Trinajstić information content (AvgIpc) is 3.34. The van der Waals surface area contributed by atoms with Crippen LogP contribution in [0.3, 0.4) is 0 Å². The molecule has 0 spiro atoms. The van der Waals surface area contributed by atoms with E-state index in [1.54, 1.807) is 12.3 Å². The molecule has 0 bridgehead atoms. The van der Waals surface area contributed by atoms with Crippen molar-refractivity contribution in [1.29, 1.82) is 0 Å². The molecule has 2 amide bonds. The number of alkyl carbamates (subject to hydrolysis) is 1. The summed E-state index contributed by atoms with van der Waals surface area (Å²) in [7, 11) is 0. The maximum absolute atomic E-state index is 12.5. The minimum atomic E-state index is -0.826. The summed E-state index contributed by atoms with van der Waals surface area (Å²) in [6.07, 6.45) is 0.0351. The monoisotopic (exact) mass is 491 g/mol. The summed E-state index contributed by atoms with van der Waals surface area (Å²) in [5, 5.41) is 16.7. The summed E-state index contributed by atoms with van der Waals surface area (Å²) >= 11 is 1.27. The van der Waals surface area contributed by atoms with E-state index in [0.29, 0.717) is 18.0 Å². The highest BCUT2D eigenvalue weighted by molar-refractivity contribution is 7.09. The minimum absolute atomic E-state index is 0.0224. The predicted molar refractivity (Wildman–Crippen MR) is 130 cm³/mol. The van der Waals surface area contributed by atoms with Gasteiger partial charge in [0.15, 0.2) is 0 Å². The number of amides is 2. The van der Waals surface area contributed by atoms with Crippen LogP contribution in [0.15, 0.2) is 53.9 Å². The SMILES string of the molecule is CC(NC(=O)OCC1c2ccccc2-c2ccccc21)c1nc(C(=O)NC[C@H]2C[C@H]2C(=O)O)cs1. The number of benzene rings is 2. The van der Waals surface area contributed by atoms with E-state index < -0.39 is 18.1 Å². The van der Waals surface area contributed by atoms with Gasteiger partial charge in [0.25, 0.3) is 5.91 Å². The van der Waals surface area contributed by atoms with Crippen LogP contribution in [0.5, 0.6) is 0 Å². The third-order valence-electron chi connectivity index (χ3n) is 6.57. The van der Waals surface area contributed by atoms with Gasteiger partial charge in [-0.1, -0.05) is 48.5 Å². The normalized spacial score (nSPS) is 18.8. The highest BCUT2D eigenvalue weighted by Gasteiger charge is 2.43. The maximum Gasteiger partial charge on any atom is 0.407 e. The lowest BCUT2D eigenvalue weighted by atomic mass is 9.98. The zero-order valence-corrected chi connectivity index (χ0v) is 19.9. The number of aliphatic carboxylic acids is 1. The fourth-order valence-electron chi connectivity index (χ4n) is 4.56. The van der Waals surface area contributed by atoms with Crippen molar-refractivity contribution >= 4 is 29.3 Å². The molecule has 1 fully saturated rings. The molecule has 2 aromatic carbocycles. The van der Waals surface area contributed by atoms with Crippen LogP contribution in [-0.4, -0.2) is 41.2 Å². The third kappa shape index (κ3) is 4.77. The Morgan fingerprint density at radius 2 is 1.77 bits per heavy atom. The number of rotatable bonds is 8. The molecule has 0 radical (unpaired) electrons. The van der Waals surface area contributed by atoms with E-state index in [1.165, 1.54) is 22.5 Å². The second kappa shape index (κ2) is 9.50. The van der Waals surface area contributed by atoms with Gasteiger partial charge in [-0.25, -0.2) is 9.78 Å². The number of fused-ring (bicyclic) bond motifs is 3. The van der Waals surface area contributed by atoms with Gasteiger partial charge in [0.1, 0.15) is 17.3 Å². The van der Waals surface area contributed by atoms with Crippen LogP contribution in [0.2, 0.25) is 0 Å². The van der Waals surface area contributed by atoms with Gasteiger partial charge in [-0.2, -0.15) is 0 Å². The van der Waals surface area contributed by atoms with Gasteiger partial charge >= 0.3 is 12.1 Å².